The fourth-order valence-electron chi connectivity index (χ4n) is 2.53. The predicted molar refractivity (Wildman–Crippen MR) is 94.8 cm³/mol. The zero-order chi connectivity index (χ0) is 17.3. The maximum Gasteiger partial charge on any atom is 2.00 e. The van der Waals surface area contributed by atoms with E-state index >= 15 is 0 Å². The number of hydrogen-bond donors (Lipinski definition) is 1. The molecule has 0 spiro atoms. The molecule has 4 nitrogen and oxygen atoms in total. The maximum atomic E-state index is 9.65. The average molecular weight is 363 g/mol. The third kappa shape index (κ3) is 17.9. The second kappa shape index (κ2) is 18.9. The average Bonchev–Trinajstić information content (AvgIpc) is 2.50. The minimum atomic E-state index is -2.33. The molecule has 1 rings (SSSR count). The summed E-state index contributed by atoms with van der Waals surface area (Å²) >= 11 is 0. The third-order valence-electron chi connectivity index (χ3n) is 3.79. The van der Waals surface area contributed by atoms with Gasteiger partial charge in [0.25, 0.3) is 0 Å². The number of hydrogen-bond acceptors (Lipinski definition) is 4. The Hall–Kier alpha value is -0.450. The van der Waals surface area contributed by atoms with Gasteiger partial charge in [-0.15, -0.1) is 0 Å². The van der Waals surface area contributed by atoms with Crippen LogP contribution in [0.25, 0.3) is 0 Å². The molecule has 0 unspecified atom stereocenters. The molecule has 0 heterocycles. The second-order valence-electron chi connectivity index (χ2n) is 5.81. The molecule has 132 valence electrons. The minimum absolute atomic E-state index is 0. The van der Waals surface area contributed by atoms with Crippen LogP contribution in [-0.4, -0.2) is 49.0 Å². The van der Waals surface area contributed by atoms with Crippen LogP contribution in [0.3, 0.4) is 0 Å². The van der Waals surface area contributed by atoms with E-state index in [2.05, 4.69) is 6.92 Å². The third-order valence-corrected chi connectivity index (χ3v) is 3.79. The molecule has 1 aromatic rings. The molecular weight excluding hydrogens is 332 g/mol. The number of benzene rings is 1. The summed E-state index contributed by atoms with van der Waals surface area (Å²) in [5, 5.41) is 26.3. The first-order valence-corrected chi connectivity index (χ1v) is 8.72. The van der Waals surface area contributed by atoms with Crippen molar-refractivity contribution in [1.29, 1.82) is 0 Å². The van der Waals surface area contributed by atoms with Crippen LogP contribution in [0.2, 0.25) is 0 Å². The number of rotatable bonds is 11. The van der Waals surface area contributed by atoms with Crippen LogP contribution >= 0.6 is 0 Å². The summed E-state index contributed by atoms with van der Waals surface area (Å²) in [6.07, 6.45) is 12.3. The summed E-state index contributed by atoms with van der Waals surface area (Å²) in [6, 6.07) is 7.71. The molecular formula is C19H30CaO4. The summed E-state index contributed by atoms with van der Waals surface area (Å²) in [4.78, 5) is 8.33. The minimum Gasteiger partial charge on any atom is -0.652 e. The molecule has 1 N–H and O–H groups in total. The monoisotopic (exact) mass is 362 g/mol. The van der Waals surface area contributed by atoms with E-state index in [1.807, 2.05) is 18.2 Å². The number of carbonyl (C=O) groups excluding carboxylic acids is 1. The topological polar surface area (TPSA) is 83.4 Å². The fraction of sp³-hybridized carbons (Fsp3) is 0.632. The Morgan fingerprint density at radius 2 is 1.29 bits per heavy atom. The van der Waals surface area contributed by atoms with Crippen molar-refractivity contribution in [3.8, 4) is 5.75 Å². The first-order chi connectivity index (χ1) is 11.1. The van der Waals surface area contributed by atoms with Crippen LogP contribution < -0.4 is 10.2 Å². The first-order valence-electron chi connectivity index (χ1n) is 8.72. The van der Waals surface area contributed by atoms with Gasteiger partial charge in [0, 0.05) is 0 Å². The molecule has 0 saturated heterocycles. The predicted octanol–water partition coefficient (Wildman–Crippen LogP) is 3.03. The van der Waals surface area contributed by atoms with Crippen molar-refractivity contribution in [3.05, 3.63) is 29.8 Å². The smallest absolute Gasteiger partial charge is 0.652 e. The Kier molecular flexibility index (Phi) is 20.3. The number of carbonyl (C=O) groups is 1. The van der Waals surface area contributed by atoms with E-state index < -0.39 is 6.16 Å². The van der Waals surface area contributed by atoms with Gasteiger partial charge < -0.3 is 20.1 Å². The normalized spacial score (nSPS) is 9.54. The van der Waals surface area contributed by atoms with Crippen molar-refractivity contribution in [1.82, 2.24) is 0 Å². The largest absolute Gasteiger partial charge is 2.00 e. The Morgan fingerprint density at radius 1 is 0.875 bits per heavy atom. The molecule has 0 amide bonds. The molecule has 0 aromatic heterocycles. The number of unbranched alkanes of at least 4 members (excludes halogenated alkanes) is 9. The van der Waals surface area contributed by atoms with Crippen molar-refractivity contribution >= 4 is 43.9 Å². The molecule has 0 radical (unpaired) electrons. The van der Waals surface area contributed by atoms with Gasteiger partial charge in [0.2, 0.25) is 0 Å². The van der Waals surface area contributed by atoms with E-state index in [0.717, 1.165) is 12.0 Å². The quantitative estimate of drug-likeness (QED) is 0.484. The SMILES string of the molecule is CCCCCCCCCCCCc1ccccc1O.O=C([O-])[O-].[Ca+2]. The number of phenols is 1. The fourth-order valence-corrected chi connectivity index (χ4v) is 2.53. The number of carboxylic acid groups (broad SMARTS) is 2. The van der Waals surface area contributed by atoms with Gasteiger partial charge in [0.15, 0.2) is 0 Å². The Balaban J connectivity index is 0. The van der Waals surface area contributed by atoms with Gasteiger partial charge in [-0.1, -0.05) is 82.9 Å². The van der Waals surface area contributed by atoms with Gasteiger partial charge >= 0.3 is 37.7 Å². The van der Waals surface area contributed by atoms with Crippen LogP contribution in [0, 0.1) is 0 Å². The van der Waals surface area contributed by atoms with E-state index in [0.29, 0.717) is 5.75 Å². The molecule has 1 aromatic carbocycles. The molecule has 0 bridgehead atoms. The van der Waals surface area contributed by atoms with Crippen LogP contribution in [0.15, 0.2) is 24.3 Å². The van der Waals surface area contributed by atoms with Crippen molar-refractivity contribution in [3.63, 3.8) is 0 Å². The molecule has 0 aliphatic carbocycles. The van der Waals surface area contributed by atoms with Crippen molar-refractivity contribution in [2.45, 2.75) is 77.6 Å². The maximum absolute atomic E-state index is 9.65. The van der Waals surface area contributed by atoms with E-state index in [4.69, 9.17) is 15.0 Å². The number of aromatic hydroxyl groups is 1. The van der Waals surface area contributed by atoms with Gasteiger partial charge in [-0.2, -0.15) is 0 Å². The van der Waals surface area contributed by atoms with Gasteiger partial charge in [-0.3, -0.25) is 0 Å². The molecule has 0 aliphatic rings. The molecule has 5 heteroatoms. The van der Waals surface area contributed by atoms with E-state index in [-0.39, 0.29) is 37.7 Å². The second-order valence-corrected chi connectivity index (χ2v) is 5.81. The van der Waals surface area contributed by atoms with Crippen LogP contribution in [0.1, 0.15) is 76.7 Å². The summed E-state index contributed by atoms with van der Waals surface area (Å²) in [7, 11) is 0. The van der Waals surface area contributed by atoms with Gasteiger partial charge in [0.05, 0.1) is 0 Å². The summed E-state index contributed by atoms with van der Waals surface area (Å²) in [5.41, 5.74) is 1.10. The summed E-state index contributed by atoms with van der Waals surface area (Å²) < 4.78 is 0. The van der Waals surface area contributed by atoms with E-state index in [1.54, 1.807) is 6.07 Å². The Labute approximate surface area is 176 Å². The standard InChI is InChI=1S/C18H30O.CH2O3.Ca/c1-2-3-4-5-6-7-8-9-10-11-14-17-15-12-13-16-18(17)19;2-1(3)4;/h12-13,15-16,19H,2-11,14H2,1H3;(H2,2,3,4);/q;;+2/p-2. The first kappa shape index (κ1) is 25.8. The summed E-state index contributed by atoms with van der Waals surface area (Å²) in [6.45, 7) is 2.27. The van der Waals surface area contributed by atoms with Crippen LogP contribution in [0.4, 0.5) is 4.79 Å². The molecule has 24 heavy (non-hydrogen) atoms. The number of phenolic OH excluding ortho intramolecular Hbond substituents is 1. The van der Waals surface area contributed by atoms with E-state index in [1.165, 1.54) is 64.2 Å². The van der Waals surface area contributed by atoms with E-state index in [9.17, 15) is 5.11 Å². The number of aryl methyl sites for hydroxylation is 1. The Bertz CT molecular complexity index is 406. The van der Waals surface area contributed by atoms with Gasteiger partial charge in [-0.05, 0) is 30.6 Å². The summed E-state index contributed by atoms with van der Waals surface area (Å²) in [5.74, 6) is 0.457. The van der Waals surface area contributed by atoms with Crippen molar-refractivity contribution in [2.75, 3.05) is 0 Å². The zero-order valence-electron chi connectivity index (χ0n) is 15.0. The number of para-hydroxylation sites is 1. The van der Waals surface area contributed by atoms with Crippen LogP contribution in [0.5, 0.6) is 5.75 Å². The molecule has 0 atom stereocenters. The Morgan fingerprint density at radius 3 is 1.75 bits per heavy atom. The van der Waals surface area contributed by atoms with Crippen LogP contribution in [-0.2, 0) is 6.42 Å². The molecule has 0 saturated carbocycles. The zero-order valence-corrected chi connectivity index (χ0v) is 17.2. The van der Waals surface area contributed by atoms with Crippen molar-refractivity contribution in [2.24, 2.45) is 0 Å². The van der Waals surface area contributed by atoms with Crippen molar-refractivity contribution < 1.29 is 20.1 Å². The molecule has 0 fully saturated rings. The van der Waals surface area contributed by atoms with Gasteiger partial charge in [-0.25, -0.2) is 0 Å². The van der Waals surface area contributed by atoms with Gasteiger partial charge in [0.1, 0.15) is 5.75 Å². The molecule has 0 aliphatic heterocycles.